The fourth-order valence-corrected chi connectivity index (χ4v) is 1.66. The fraction of sp³-hybridized carbons (Fsp3) is 1.00. The molecule has 0 spiro atoms. The van der Waals surface area contributed by atoms with Gasteiger partial charge in [-0.15, -0.1) is 0 Å². The molecule has 66 valence electrons. The summed E-state index contributed by atoms with van der Waals surface area (Å²) in [6.45, 7) is 2.01. The Morgan fingerprint density at radius 3 is 2.45 bits per heavy atom. The minimum Gasteiger partial charge on any atom is -0.295 e. The number of likely N-dealkylation sites (tertiary alicyclic amines) is 1. The quantitative estimate of drug-likeness (QED) is 0.572. The van der Waals surface area contributed by atoms with E-state index in [0.29, 0.717) is 12.5 Å². The maximum Gasteiger partial charge on any atom is 0.253 e. The minimum absolute atomic E-state index is 0.322. The molecule has 0 aromatic carbocycles. The van der Waals surface area contributed by atoms with Crippen LogP contribution in [0.15, 0.2) is 0 Å². The third-order valence-corrected chi connectivity index (χ3v) is 2.63. The zero-order valence-electron chi connectivity index (χ0n) is 7.06. The molecule has 1 heterocycles. The van der Waals surface area contributed by atoms with Crippen LogP contribution in [0.3, 0.4) is 0 Å². The van der Waals surface area contributed by atoms with Gasteiger partial charge in [0.25, 0.3) is 6.43 Å². The first-order valence-corrected chi connectivity index (χ1v) is 4.13. The van der Waals surface area contributed by atoms with Crippen LogP contribution in [0.1, 0.15) is 26.2 Å². The predicted molar refractivity (Wildman–Crippen MR) is 40.9 cm³/mol. The van der Waals surface area contributed by atoms with Crippen molar-refractivity contribution in [2.75, 3.05) is 7.05 Å². The highest BCUT2D eigenvalue weighted by atomic mass is 19.3. The summed E-state index contributed by atoms with van der Waals surface area (Å²) in [7, 11) is 1.79. The number of rotatable bonds is 1. The fourth-order valence-electron chi connectivity index (χ4n) is 1.66. The highest BCUT2D eigenvalue weighted by Gasteiger charge is 2.30. The van der Waals surface area contributed by atoms with Gasteiger partial charge in [0.1, 0.15) is 0 Å². The van der Waals surface area contributed by atoms with E-state index in [1.807, 2.05) is 6.92 Å². The number of piperidine rings is 1. The van der Waals surface area contributed by atoms with Gasteiger partial charge >= 0.3 is 0 Å². The lowest BCUT2D eigenvalue weighted by Crippen LogP contribution is -2.46. The van der Waals surface area contributed by atoms with Crippen LogP contribution < -0.4 is 0 Å². The molecule has 3 heteroatoms. The van der Waals surface area contributed by atoms with E-state index in [0.717, 1.165) is 12.8 Å². The second kappa shape index (κ2) is 3.48. The van der Waals surface area contributed by atoms with Crippen LogP contribution in [-0.4, -0.2) is 30.5 Å². The Morgan fingerprint density at radius 1 is 1.36 bits per heavy atom. The summed E-state index contributed by atoms with van der Waals surface area (Å²) in [6.07, 6.45) is 0.474. The van der Waals surface area contributed by atoms with E-state index in [9.17, 15) is 8.78 Å². The average molecular weight is 163 g/mol. The molecule has 1 aliphatic heterocycles. The van der Waals surface area contributed by atoms with Crippen LogP contribution in [0.2, 0.25) is 0 Å². The third-order valence-electron chi connectivity index (χ3n) is 2.63. The van der Waals surface area contributed by atoms with Crippen molar-refractivity contribution in [3.05, 3.63) is 0 Å². The summed E-state index contributed by atoms with van der Waals surface area (Å²) in [4.78, 5) is 1.80. The summed E-state index contributed by atoms with van der Waals surface area (Å²) >= 11 is 0. The standard InChI is InChI=1S/C8H15F2N/c1-6-4-3-5-7(8(9)10)11(6)2/h6-8H,3-5H2,1-2H3. The van der Waals surface area contributed by atoms with Crippen molar-refractivity contribution in [3.8, 4) is 0 Å². The Hall–Kier alpha value is -0.180. The summed E-state index contributed by atoms with van der Waals surface area (Å²) in [5, 5.41) is 0. The topological polar surface area (TPSA) is 3.24 Å². The summed E-state index contributed by atoms with van der Waals surface area (Å²) in [6, 6.07) is -0.179. The molecule has 0 aromatic heterocycles. The van der Waals surface area contributed by atoms with Gasteiger partial charge in [-0.2, -0.15) is 0 Å². The molecule has 0 N–H and O–H groups in total. The first-order valence-electron chi connectivity index (χ1n) is 4.13. The zero-order chi connectivity index (χ0) is 8.43. The first-order chi connectivity index (χ1) is 5.13. The molecular weight excluding hydrogens is 148 g/mol. The first kappa shape index (κ1) is 8.91. The van der Waals surface area contributed by atoms with Gasteiger partial charge in [0.15, 0.2) is 0 Å². The number of hydrogen-bond acceptors (Lipinski definition) is 1. The van der Waals surface area contributed by atoms with Crippen molar-refractivity contribution in [1.82, 2.24) is 4.90 Å². The lowest BCUT2D eigenvalue weighted by molar-refractivity contribution is -0.00369. The van der Waals surface area contributed by atoms with Crippen molar-refractivity contribution in [1.29, 1.82) is 0 Å². The largest absolute Gasteiger partial charge is 0.295 e. The van der Waals surface area contributed by atoms with Crippen LogP contribution in [0.4, 0.5) is 8.78 Å². The molecule has 1 aliphatic rings. The minimum atomic E-state index is -2.18. The van der Waals surface area contributed by atoms with Gasteiger partial charge in [-0.05, 0) is 26.8 Å². The van der Waals surface area contributed by atoms with E-state index in [2.05, 4.69) is 0 Å². The Balaban J connectivity index is 2.51. The normalized spacial score (nSPS) is 34.6. The molecule has 0 radical (unpaired) electrons. The van der Waals surface area contributed by atoms with Crippen molar-refractivity contribution in [2.24, 2.45) is 0 Å². The van der Waals surface area contributed by atoms with Crippen molar-refractivity contribution in [2.45, 2.75) is 44.7 Å². The maximum atomic E-state index is 12.3. The zero-order valence-corrected chi connectivity index (χ0v) is 7.06. The van der Waals surface area contributed by atoms with Gasteiger partial charge in [-0.1, -0.05) is 6.42 Å². The number of alkyl halides is 2. The molecule has 11 heavy (non-hydrogen) atoms. The van der Waals surface area contributed by atoms with E-state index < -0.39 is 12.5 Å². The molecule has 1 saturated heterocycles. The molecule has 1 rings (SSSR count). The van der Waals surface area contributed by atoms with E-state index in [1.165, 1.54) is 0 Å². The highest BCUT2D eigenvalue weighted by Crippen LogP contribution is 2.24. The monoisotopic (exact) mass is 163 g/mol. The summed E-state index contributed by atoms with van der Waals surface area (Å²) in [5.74, 6) is 0. The molecule has 2 atom stereocenters. The average Bonchev–Trinajstić information content (AvgIpc) is 1.94. The predicted octanol–water partition coefficient (Wildman–Crippen LogP) is 2.12. The van der Waals surface area contributed by atoms with Crippen LogP contribution >= 0.6 is 0 Å². The lowest BCUT2D eigenvalue weighted by atomic mass is 9.98. The lowest BCUT2D eigenvalue weighted by Gasteiger charge is -2.37. The van der Waals surface area contributed by atoms with E-state index >= 15 is 0 Å². The number of nitrogens with zero attached hydrogens (tertiary/aromatic N) is 1. The summed E-state index contributed by atoms with van der Waals surface area (Å²) < 4.78 is 24.6. The summed E-state index contributed by atoms with van der Waals surface area (Å²) in [5.41, 5.74) is 0. The number of hydrogen-bond donors (Lipinski definition) is 0. The maximum absolute atomic E-state index is 12.3. The van der Waals surface area contributed by atoms with Gasteiger partial charge in [-0.3, -0.25) is 4.90 Å². The molecular formula is C8H15F2N. The van der Waals surface area contributed by atoms with E-state index in [-0.39, 0.29) is 0 Å². The van der Waals surface area contributed by atoms with Gasteiger partial charge in [0.2, 0.25) is 0 Å². The van der Waals surface area contributed by atoms with Crippen LogP contribution in [-0.2, 0) is 0 Å². The Bertz CT molecular complexity index is 127. The molecule has 0 aliphatic carbocycles. The highest BCUT2D eigenvalue weighted by molar-refractivity contribution is 4.80. The Morgan fingerprint density at radius 2 is 2.00 bits per heavy atom. The van der Waals surface area contributed by atoms with Gasteiger partial charge in [-0.25, -0.2) is 8.78 Å². The molecule has 1 fully saturated rings. The molecule has 0 aromatic rings. The second-order valence-corrected chi connectivity index (χ2v) is 3.35. The van der Waals surface area contributed by atoms with Gasteiger partial charge in [0.05, 0.1) is 6.04 Å². The van der Waals surface area contributed by atoms with Gasteiger partial charge < -0.3 is 0 Å². The number of halogens is 2. The SMILES string of the molecule is CC1CCCC(C(F)F)N1C. The molecule has 0 bridgehead atoms. The van der Waals surface area contributed by atoms with Crippen LogP contribution in [0, 0.1) is 0 Å². The molecule has 1 nitrogen and oxygen atoms in total. The molecule has 0 amide bonds. The van der Waals surface area contributed by atoms with Crippen LogP contribution in [0.5, 0.6) is 0 Å². The Kier molecular flexibility index (Phi) is 2.82. The van der Waals surface area contributed by atoms with Gasteiger partial charge in [0, 0.05) is 6.04 Å². The molecule has 0 saturated carbocycles. The van der Waals surface area contributed by atoms with E-state index in [1.54, 1.807) is 11.9 Å². The van der Waals surface area contributed by atoms with Crippen molar-refractivity contribution >= 4 is 0 Å². The smallest absolute Gasteiger partial charge is 0.253 e. The second-order valence-electron chi connectivity index (χ2n) is 3.35. The van der Waals surface area contributed by atoms with Crippen LogP contribution in [0.25, 0.3) is 0 Å². The van der Waals surface area contributed by atoms with Crippen molar-refractivity contribution < 1.29 is 8.78 Å². The third kappa shape index (κ3) is 1.89. The van der Waals surface area contributed by atoms with E-state index in [4.69, 9.17) is 0 Å². The molecule has 2 unspecified atom stereocenters. The van der Waals surface area contributed by atoms with Crippen molar-refractivity contribution in [3.63, 3.8) is 0 Å². The Labute approximate surface area is 66.4 Å².